The molecule has 0 aromatic carbocycles. The molecule has 6 heteroatoms. The normalized spacial score (nSPS) is 8.77. The summed E-state index contributed by atoms with van der Waals surface area (Å²) >= 11 is 0. The SMILES string of the molecule is COC(=O)ON(C)C(=O)CCC=O. The third-order valence-corrected chi connectivity index (χ3v) is 1.21. The summed E-state index contributed by atoms with van der Waals surface area (Å²) in [5, 5.41) is 0.731. The Morgan fingerprint density at radius 2 is 2.08 bits per heavy atom. The van der Waals surface area contributed by atoms with E-state index in [9.17, 15) is 14.4 Å². The Morgan fingerprint density at radius 3 is 2.54 bits per heavy atom. The highest BCUT2D eigenvalue weighted by atomic mass is 16.8. The second-order valence-corrected chi connectivity index (χ2v) is 2.14. The molecule has 0 aliphatic heterocycles. The van der Waals surface area contributed by atoms with Crippen LogP contribution in [0, 0.1) is 0 Å². The molecule has 0 aromatic rings. The first kappa shape index (κ1) is 11.4. The van der Waals surface area contributed by atoms with Crippen LogP contribution in [0.25, 0.3) is 0 Å². The standard InChI is InChI=1S/C7H11NO5/c1-8(13-7(11)12-2)6(10)4-3-5-9/h5H,3-4H2,1-2H3. The Labute approximate surface area is 75.4 Å². The molecule has 0 unspecified atom stereocenters. The molecule has 0 heterocycles. The minimum absolute atomic E-state index is 0.0109. The molecule has 1 amide bonds. The van der Waals surface area contributed by atoms with Crippen molar-refractivity contribution in [2.75, 3.05) is 14.2 Å². The van der Waals surface area contributed by atoms with Crippen molar-refractivity contribution in [1.82, 2.24) is 5.06 Å². The number of aldehydes is 1. The summed E-state index contributed by atoms with van der Waals surface area (Å²) in [4.78, 5) is 35.8. The Kier molecular flexibility index (Phi) is 5.25. The summed E-state index contributed by atoms with van der Waals surface area (Å²) in [5.74, 6) is -0.461. The summed E-state index contributed by atoms with van der Waals surface area (Å²) in [6.45, 7) is 0. The van der Waals surface area contributed by atoms with Crippen molar-refractivity contribution < 1.29 is 24.0 Å². The number of carbonyl (C=O) groups is 3. The monoisotopic (exact) mass is 189 g/mol. The predicted octanol–water partition coefficient (Wildman–Crippen LogP) is 0.122. The molecule has 0 fully saturated rings. The van der Waals surface area contributed by atoms with Gasteiger partial charge < -0.3 is 14.4 Å². The molecular weight excluding hydrogens is 178 g/mol. The van der Waals surface area contributed by atoms with Gasteiger partial charge in [0.15, 0.2) is 0 Å². The molecule has 0 radical (unpaired) electrons. The number of amides is 1. The predicted molar refractivity (Wildman–Crippen MR) is 41.6 cm³/mol. The zero-order chi connectivity index (χ0) is 10.3. The van der Waals surface area contributed by atoms with E-state index < -0.39 is 12.1 Å². The molecule has 0 bridgehead atoms. The number of hydroxylamine groups is 2. The molecule has 13 heavy (non-hydrogen) atoms. The molecular formula is C7H11NO5. The maximum Gasteiger partial charge on any atom is 0.533 e. The first-order chi connectivity index (χ1) is 6.11. The fourth-order valence-corrected chi connectivity index (χ4v) is 0.540. The Hall–Kier alpha value is -1.59. The Balaban J connectivity index is 3.81. The fraction of sp³-hybridized carbons (Fsp3) is 0.571. The van der Waals surface area contributed by atoms with E-state index in [2.05, 4.69) is 9.57 Å². The minimum Gasteiger partial charge on any atom is -0.436 e. The summed E-state index contributed by atoms with van der Waals surface area (Å²) in [7, 11) is 2.40. The first-order valence-corrected chi connectivity index (χ1v) is 3.58. The van der Waals surface area contributed by atoms with Gasteiger partial charge in [-0.05, 0) is 0 Å². The van der Waals surface area contributed by atoms with Crippen LogP contribution >= 0.6 is 0 Å². The lowest BCUT2D eigenvalue weighted by molar-refractivity contribution is -0.165. The van der Waals surface area contributed by atoms with Crippen LogP contribution in [0.2, 0.25) is 0 Å². The van der Waals surface area contributed by atoms with E-state index >= 15 is 0 Å². The maximum absolute atomic E-state index is 11.0. The largest absolute Gasteiger partial charge is 0.533 e. The van der Waals surface area contributed by atoms with E-state index in [1.54, 1.807) is 0 Å². The zero-order valence-corrected chi connectivity index (χ0v) is 7.48. The fourth-order valence-electron chi connectivity index (χ4n) is 0.540. The smallest absolute Gasteiger partial charge is 0.436 e. The van der Waals surface area contributed by atoms with E-state index in [1.807, 2.05) is 0 Å². The quantitative estimate of drug-likeness (QED) is 0.358. The van der Waals surface area contributed by atoms with Gasteiger partial charge in [0, 0.05) is 19.9 Å². The summed E-state index contributed by atoms with van der Waals surface area (Å²) in [5.41, 5.74) is 0. The van der Waals surface area contributed by atoms with Crippen LogP contribution in [0.15, 0.2) is 0 Å². The zero-order valence-electron chi connectivity index (χ0n) is 7.48. The van der Waals surface area contributed by atoms with E-state index in [0.717, 1.165) is 12.2 Å². The Morgan fingerprint density at radius 1 is 1.46 bits per heavy atom. The minimum atomic E-state index is -0.970. The first-order valence-electron chi connectivity index (χ1n) is 3.58. The van der Waals surface area contributed by atoms with Crippen LogP contribution < -0.4 is 0 Å². The molecule has 0 rings (SSSR count). The van der Waals surface area contributed by atoms with E-state index in [-0.39, 0.29) is 12.8 Å². The van der Waals surface area contributed by atoms with Crippen molar-refractivity contribution >= 4 is 18.3 Å². The number of carbonyl (C=O) groups excluding carboxylic acids is 3. The van der Waals surface area contributed by atoms with Crippen molar-refractivity contribution in [2.45, 2.75) is 12.8 Å². The van der Waals surface area contributed by atoms with Gasteiger partial charge >= 0.3 is 6.16 Å². The number of hydrogen-bond acceptors (Lipinski definition) is 5. The van der Waals surface area contributed by atoms with Crippen LogP contribution in [0.5, 0.6) is 0 Å². The third kappa shape index (κ3) is 4.78. The maximum atomic E-state index is 11.0. The second-order valence-electron chi connectivity index (χ2n) is 2.14. The van der Waals surface area contributed by atoms with Crippen molar-refractivity contribution in [3.63, 3.8) is 0 Å². The van der Waals surface area contributed by atoms with Gasteiger partial charge in [-0.2, -0.15) is 5.06 Å². The number of rotatable bonds is 3. The molecule has 0 aliphatic rings. The number of ether oxygens (including phenoxy) is 1. The molecule has 74 valence electrons. The topological polar surface area (TPSA) is 72.9 Å². The highest BCUT2D eigenvalue weighted by molar-refractivity contribution is 5.78. The average molecular weight is 189 g/mol. The van der Waals surface area contributed by atoms with Crippen molar-refractivity contribution in [3.8, 4) is 0 Å². The highest BCUT2D eigenvalue weighted by Gasteiger charge is 2.13. The van der Waals surface area contributed by atoms with Crippen LogP contribution in [0.3, 0.4) is 0 Å². The van der Waals surface area contributed by atoms with E-state index in [1.165, 1.54) is 7.05 Å². The lowest BCUT2D eigenvalue weighted by atomic mass is 10.3. The van der Waals surface area contributed by atoms with Crippen molar-refractivity contribution in [2.24, 2.45) is 0 Å². The molecule has 0 spiro atoms. The highest BCUT2D eigenvalue weighted by Crippen LogP contribution is 1.96. The van der Waals surface area contributed by atoms with Crippen LogP contribution in [0.1, 0.15) is 12.8 Å². The lowest BCUT2D eigenvalue weighted by Crippen LogP contribution is -2.29. The average Bonchev–Trinajstić information content (AvgIpc) is 2.13. The van der Waals surface area contributed by atoms with Crippen molar-refractivity contribution in [1.29, 1.82) is 0 Å². The Bertz CT molecular complexity index is 203. The van der Waals surface area contributed by atoms with Gasteiger partial charge in [0.05, 0.1) is 7.11 Å². The summed E-state index contributed by atoms with van der Waals surface area (Å²) < 4.78 is 4.15. The van der Waals surface area contributed by atoms with Gasteiger partial charge in [0.2, 0.25) is 0 Å². The number of methoxy groups -OCH3 is 1. The summed E-state index contributed by atoms with van der Waals surface area (Å²) in [6.07, 6.45) is -0.240. The summed E-state index contributed by atoms with van der Waals surface area (Å²) in [6, 6.07) is 0. The van der Waals surface area contributed by atoms with Gasteiger partial charge in [-0.25, -0.2) is 4.79 Å². The van der Waals surface area contributed by atoms with Gasteiger partial charge in [0.1, 0.15) is 6.29 Å². The van der Waals surface area contributed by atoms with Crippen LogP contribution in [-0.4, -0.2) is 37.6 Å². The van der Waals surface area contributed by atoms with Gasteiger partial charge in [-0.1, -0.05) is 0 Å². The van der Waals surface area contributed by atoms with Crippen LogP contribution in [0.4, 0.5) is 4.79 Å². The molecule has 0 saturated heterocycles. The van der Waals surface area contributed by atoms with Gasteiger partial charge in [-0.3, -0.25) is 4.79 Å². The molecule has 0 atom stereocenters. The third-order valence-electron chi connectivity index (χ3n) is 1.21. The van der Waals surface area contributed by atoms with E-state index in [4.69, 9.17) is 0 Å². The van der Waals surface area contributed by atoms with Gasteiger partial charge in [-0.15, -0.1) is 0 Å². The molecule has 0 aromatic heterocycles. The second kappa shape index (κ2) is 5.99. The molecule has 0 N–H and O–H groups in total. The van der Waals surface area contributed by atoms with Crippen molar-refractivity contribution in [3.05, 3.63) is 0 Å². The van der Waals surface area contributed by atoms with Gasteiger partial charge in [0.25, 0.3) is 5.91 Å². The molecule has 0 saturated carbocycles. The van der Waals surface area contributed by atoms with Crippen LogP contribution in [-0.2, 0) is 19.2 Å². The lowest BCUT2D eigenvalue weighted by Gasteiger charge is -2.13. The number of hydrogen-bond donors (Lipinski definition) is 0. The molecule has 6 nitrogen and oxygen atoms in total. The number of nitrogens with zero attached hydrogens (tertiary/aromatic N) is 1. The van der Waals surface area contributed by atoms with E-state index in [0.29, 0.717) is 6.29 Å². The molecule has 0 aliphatic carbocycles.